The van der Waals surface area contributed by atoms with Gasteiger partial charge in [-0.3, -0.25) is 0 Å². The molecule has 0 saturated carbocycles. The van der Waals surface area contributed by atoms with Gasteiger partial charge < -0.3 is 0 Å². The van der Waals surface area contributed by atoms with Crippen LogP contribution in [0.3, 0.4) is 0 Å². The van der Waals surface area contributed by atoms with Crippen LogP contribution in [0.4, 0.5) is 61.5 Å². The minimum Gasteiger partial charge on any atom is -0.204 e. The number of alkyl halides is 13. The number of allylic oxidation sites excluding steroid dienone is 2. The number of hydrogen-bond donors (Lipinski definition) is 0. The van der Waals surface area contributed by atoms with E-state index in [1.54, 1.807) is 0 Å². The lowest BCUT2D eigenvalue weighted by molar-refractivity contribution is -0.292. The summed E-state index contributed by atoms with van der Waals surface area (Å²) in [5, 5.41) is 0. The second-order valence-corrected chi connectivity index (χ2v) is 3.33. The molecule has 0 N–H and O–H groups in total. The molecular weight excluding hydrogens is 350 g/mol. The van der Waals surface area contributed by atoms with Gasteiger partial charge in [0.15, 0.2) is 5.83 Å². The lowest BCUT2D eigenvalue weighted by Crippen LogP contribution is -2.47. The zero-order chi connectivity index (χ0) is 17.7. The third-order valence-electron chi connectivity index (χ3n) is 1.80. The Kier molecular flexibility index (Phi) is 4.61. The van der Waals surface area contributed by atoms with Crippen molar-refractivity contribution >= 4 is 0 Å². The zero-order valence-corrected chi connectivity index (χ0v) is 8.79. The molecule has 0 rings (SSSR count). The van der Waals surface area contributed by atoms with Crippen LogP contribution in [0.2, 0.25) is 0 Å². The minimum absolute atomic E-state index is 4.97. The quantitative estimate of drug-likeness (QED) is 0.603. The van der Waals surface area contributed by atoms with E-state index in [2.05, 4.69) is 0 Å². The summed E-state index contributed by atoms with van der Waals surface area (Å²) in [7, 11) is 0. The van der Waals surface area contributed by atoms with Crippen LogP contribution in [0.15, 0.2) is 11.4 Å². The van der Waals surface area contributed by atoms with Crippen LogP contribution < -0.4 is 0 Å². The maximum absolute atomic E-state index is 12.6. The highest BCUT2D eigenvalue weighted by atomic mass is 19.4. The highest BCUT2D eigenvalue weighted by Gasteiger charge is 2.72. The van der Waals surface area contributed by atoms with Crippen molar-refractivity contribution in [2.24, 2.45) is 0 Å². The second kappa shape index (κ2) is 4.90. The van der Waals surface area contributed by atoms with E-state index in [4.69, 9.17) is 0 Å². The highest BCUT2D eigenvalue weighted by Crippen LogP contribution is 2.53. The molecule has 0 heterocycles. The maximum Gasteiger partial charge on any atom is 0.460 e. The van der Waals surface area contributed by atoms with Crippen LogP contribution >= 0.6 is 0 Å². The minimum atomic E-state index is -7.32. The fourth-order valence-corrected chi connectivity index (χ4v) is 0.863. The second-order valence-electron chi connectivity index (χ2n) is 3.33. The standard InChI is InChI=1S/C7F14/c8-2(4(11,12)7(19,20)21)1(5(13,14)15)3(9,10)6(16,17)18. The largest absolute Gasteiger partial charge is 0.460 e. The van der Waals surface area contributed by atoms with E-state index in [1.165, 1.54) is 0 Å². The van der Waals surface area contributed by atoms with Gasteiger partial charge in [0, 0.05) is 0 Å². The molecule has 0 nitrogen and oxygen atoms in total. The Hall–Kier alpha value is -1.24. The molecule has 0 aliphatic carbocycles. The summed E-state index contributed by atoms with van der Waals surface area (Å²) < 4.78 is 168. The molecule has 0 saturated heterocycles. The van der Waals surface area contributed by atoms with Crippen molar-refractivity contribution in [3.63, 3.8) is 0 Å². The Morgan fingerprint density at radius 2 is 0.762 bits per heavy atom. The molecule has 0 amide bonds. The Balaban J connectivity index is 6.55. The van der Waals surface area contributed by atoms with Gasteiger partial charge in [0.2, 0.25) is 0 Å². The van der Waals surface area contributed by atoms with Crippen molar-refractivity contribution in [2.75, 3.05) is 0 Å². The predicted molar refractivity (Wildman–Crippen MR) is 36.2 cm³/mol. The third-order valence-corrected chi connectivity index (χ3v) is 1.80. The molecule has 0 bridgehead atoms. The predicted octanol–water partition coefficient (Wildman–Crippen LogP) is 5.17. The van der Waals surface area contributed by atoms with E-state index in [0.29, 0.717) is 0 Å². The van der Waals surface area contributed by atoms with Gasteiger partial charge >= 0.3 is 30.4 Å². The van der Waals surface area contributed by atoms with Gasteiger partial charge in [-0.25, -0.2) is 4.39 Å². The summed E-state index contributed by atoms with van der Waals surface area (Å²) in [4.78, 5) is 0. The van der Waals surface area contributed by atoms with Crippen LogP contribution in [0, 0.1) is 0 Å². The van der Waals surface area contributed by atoms with Gasteiger partial charge in [-0.05, 0) is 0 Å². The molecule has 126 valence electrons. The van der Waals surface area contributed by atoms with Gasteiger partial charge in [0.1, 0.15) is 5.57 Å². The summed E-state index contributed by atoms with van der Waals surface area (Å²) in [6.07, 6.45) is -21.6. The van der Waals surface area contributed by atoms with E-state index >= 15 is 0 Å². The summed E-state index contributed by atoms with van der Waals surface area (Å²) in [6.45, 7) is 0. The summed E-state index contributed by atoms with van der Waals surface area (Å²) in [6, 6.07) is 0. The van der Waals surface area contributed by atoms with E-state index in [9.17, 15) is 61.5 Å². The van der Waals surface area contributed by atoms with Crippen molar-refractivity contribution in [3.8, 4) is 0 Å². The van der Waals surface area contributed by atoms with Crippen molar-refractivity contribution in [3.05, 3.63) is 11.4 Å². The molecule has 0 radical (unpaired) electrons. The lowest BCUT2D eigenvalue weighted by Gasteiger charge is -2.27. The number of halogens is 14. The normalized spacial score (nSPS) is 16.9. The maximum atomic E-state index is 12.6. The van der Waals surface area contributed by atoms with Crippen molar-refractivity contribution in [1.82, 2.24) is 0 Å². The Morgan fingerprint density at radius 3 is 0.952 bits per heavy atom. The first-order valence-electron chi connectivity index (χ1n) is 4.15. The van der Waals surface area contributed by atoms with Crippen LogP contribution in [0.25, 0.3) is 0 Å². The fourth-order valence-electron chi connectivity index (χ4n) is 0.863. The molecule has 0 aromatic rings. The van der Waals surface area contributed by atoms with E-state index in [-0.39, 0.29) is 0 Å². The average molecular weight is 350 g/mol. The fraction of sp³-hybridized carbons (Fsp3) is 0.714. The summed E-state index contributed by atoms with van der Waals surface area (Å²) in [5.41, 5.74) is -4.97. The van der Waals surface area contributed by atoms with E-state index in [0.717, 1.165) is 0 Å². The molecule has 0 aliphatic heterocycles. The van der Waals surface area contributed by atoms with Gasteiger partial charge in [-0.1, -0.05) is 0 Å². The topological polar surface area (TPSA) is 0 Å². The number of hydrogen-bond acceptors (Lipinski definition) is 0. The molecule has 0 spiro atoms. The Bertz CT molecular complexity index is 414. The first kappa shape index (κ1) is 19.8. The molecule has 0 fully saturated rings. The van der Waals surface area contributed by atoms with Crippen molar-refractivity contribution in [2.45, 2.75) is 30.4 Å². The van der Waals surface area contributed by atoms with Gasteiger partial charge in [-0.15, -0.1) is 0 Å². The Labute approximate surface area is 105 Å². The van der Waals surface area contributed by atoms with E-state index < -0.39 is 41.8 Å². The molecule has 0 atom stereocenters. The van der Waals surface area contributed by atoms with Crippen molar-refractivity contribution < 1.29 is 61.5 Å². The molecule has 0 aromatic carbocycles. The Morgan fingerprint density at radius 1 is 0.476 bits per heavy atom. The molecule has 0 unspecified atom stereocenters. The molecule has 21 heavy (non-hydrogen) atoms. The monoisotopic (exact) mass is 350 g/mol. The van der Waals surface area contributed by atoms with Gasteiger partial charge in [-0.2, -0.15) is 57.1 Å². The van der Waals surface area contributed by atoms with Crippen LogP contribution in [-0.2, 0) is 0 Å². The highest BCUT2D eigenvalue weighted by molar-refractivity contribution is 5.29. The molecule has 14 heteroatoms. The van der Waals surface area contributed by atoms with Crippen LogP contribution in [0.5, 0.6) is 0 Å². The first-order chi connectivity index (χ1) is 8.78. The smallest absolute Gasteiger partial charge is 0.204 e. The van der Waals surface area contributed by atoms with Gasteiger partial charge in [0.05, 0.1) is 0 Å². The summed E-state index contributed by atoms with van der Waals surface area (Å²) in [5.74, 6) is -19.5. The summed E-state index contributed by atoms with van der Waals surface area (Å²) >= 11 is 0. The molecule has 0 aromatic heterocycles. The third kappa shape index (κ3) is 3.51. The van der Waals surface area contributed by atoms with Crippen LogP contribution in [-0.4, -0.2) is 30.4 Å². The first-order valence-corrected chi connectivity index (χ1v) is 4.15. The lowest BCUT2D eigenvalue weighted by atomic mass is 10.0. The molecule has 0 aliphatic rings. The SMILES string of the molecule is FC(=C(C(F)(F)F)C(F)(F)C(F)(F)F)C(F)(F)C(F)(F)F. The van der Waals surface area contributed by atoms with Gasteiger partial charge in [0.25, 0.3) is 0 Å². The van der Waals surface area contributed by atoms with Crippen LogP contribution in [0.1, 0.15) is 0 Å². The van der Waals surface area contributed by atoms with E-state index in [1.807, 2.05) is 0 Å². The van der Waals surface area contributed by atoms with Crippen molar-refractivity contribution in [1.29, 1.82) is 0 Å². The molecular formula is C7F14. The zero-order valence-electron chi connectivity index (χ0n) is 8.79. The number of rotatable bonds is 2. The average Bonchev–Trinajstić information content (AvgIpc) is 2.10.